The predicted octanol–water partition coefficient (Wildman–Crippen LogP) is 3.86. The van der Waals surface area contributed by atoms with E-state index in [1.165, 1.54) is 24.6 Å². The number of benzene rings is 1. The third-order valence-corrected chi connectivity index (χ3v) is 6.88. The van der Waals surface area contributed by atoms with Gasteiger partial charge >= 0.3 is 0 Å². The van der Waals surface area contributed by atoms with Crippen LogP contribution >= 0.6 is 0 Å². The summed E-state index contributed by atoms with van der Waals surface area (Å²) in [5.74, 6) is 0.647. The quantitative estimate of drug-likeness (QED) is 0.519. The average molecular weight is 470 g/mol. The van der Waals surface area contributed by atoms with Gasteiger partial charge in [-0.1, -0.05) is 26.0 Å². The molecule has 1 aromatic heterocycles. The Morgan fingerprint density at radius 2 is 2.06 bits per heavy atom. The summed E-state index contributed by atoms with van der Waals surface area (Å²) in [6.45, 7) is 6.09. The Morgan fingerprint density at radius 1 is 1.26 bits per heavy atom. The summed E-state index contributed by atoms with van der Waals surface area (Å²) in [5.41, 5.74) is 2.76. The molecule has 1 aliphatic heterocycles. The summed E-state index contributed by atoms with van der Waals surface area (Å²) < 4.78 is 20.0. The number of aromatic nitrogens is 1. The van der Waals surface area contributed by atoms with Gasteiger partial charge in [0.1, 0.15) is 11.4 Å². The molecule has 2 aromatic rings. The summed E-state index contributed by atoms with van der Waals surface area (Å²) >= 11 is 0. The topological polar surface area (TPSA) is 83.5 Å². The molecule has 0 bridgehead atoms. The highest BCUT2D eigenvalue weighted by Gasteiger charge is 2.46. The zero-order valence-electron chi connectivity index (χ0n) is 20.3. The molecule has 1 aliphatic carbocycles. The van der Waals surface area contributed by atoms with E-state index in [-0.39, 0.29) is 29.9 Å². The van der Waals surface area contributed by atoms with Crippen molar-refractivity contribution in [3.05, 3.63) is 59.0 Å². The summed E-state index contributed by atoms with van der Waals surface area (Å²) in [6, 6.07) is 7.91. The number of aliphatic hydroxyl groups excluding tert-OH is 1. The van der Waals surface area contributed by atoms with Crippen LogP contribution in [0, 0.1) is 11.7 Å². The number of nitrogens with zero attached hydrogens (tertiary/aromatic N) is 1. The van der Waals surface area contributed by atoms with Crippen LogP contribution in [0.15, 0.2) is 36.5 Å². The molecule has 3 N–H and O–H groups in total. The fraction of sp³-hybridized carbons (Fsp3) is 0.556. The first kappa shape index (κ1) is 24.6. The highest BCUT2D eigenvalue weighted by molar-refractivity contribution is 5.73. The van der Waals surface area contributed by atoms with Gasteiger partial charge in [0, 0.05) is 37.7 Å². The van der Waals surface area contributed by atoms with Crippen molar-refractivity contribution in [2.75, 3.05) is 6.54 Å². The molecule has 4 rings (SSSR count). The van der Waals surface area contributed by atoms with Crippen LogP contribution in [0.5, 0.6) is 5.88 Å². The van der Waals surface area contributed by atoms with Crippen LogP contribution in [0.3, 0.4) is 0 Å². The van der Waals surface area contributed by atoms with Crippen molar-refractivity contribution < 1.29 is 19.0 Å². The van der Waals surface area contributed by atoms with Crippen LogP contribution in [-0.2, 0) is 17.6 Å². The molecule has 1 amide bonds. The third kappa shape index (κ3) is 5.94. The number of hydrogen-bond donors (Lipinski definition) is 3. The van der Waals surface area contributed by atoms with Gasteiger partial charge in [-0.3, -0.25) is 4.79 Å². The molecule has 1 aromatic carbocycles. The number of carbonyl (C=O) groups excluding carboxylic acids is 1. The van der Waals surface area contributed by atoms with E-state index in [0.717, 1.165) is 43.2 Å². The van der Waals surface area contributed by atoms with Crippen LogP contribution < -0.4 is 15.4 Å². The van der Waals surface area contributed by atoms with E-state index >= 15 is 0 Å². The molecule has 6 nitrogen and oxygen atoms in total. The first-order chi connectivity index (χ1) is 16.2. The highest BCUT2D eigenvalue weighted by Crippen LogP contribution is 2.48. The van der Waals surface area contributed by atoms with Gasteiger partial charge < -0.3 is 20.5 Å². The zero-order chi connectivity index (χ0) is 24.3. The Hall–Kier alpha value is -2.51. The summed E-state index contributed by atoms with van der Waals surface area (Å²) in [7, 11) is 0. The number of halogens is 1. The van der Waals surface area contributed by atoms with Crippen molar-refractivity contribution in [1.29, 1.82) is 0 Å². The second-order valence-corrected chi connectivity index (χ2v) is 10.3. The molecule has 0 saturated heterocycles. The van der Waals surface area contributed by atoms with E-state index in [9.17, 15) is 14.3 Å². The normalized spacial score (nSPS) is 20.2. The summed E-state index contributed by atoms with van der Waals surface area (Å²) in [4.78, 5) is 16.4. The third-order valence-electron chi connectivity index (χ3n) is 6.88. The first-order valence-electron chi connectivity index (χ1n) is 12.3. The van der Waals surface area contributed by atoms with E-state index < -0.39 is 12.1 Å². The molecule has 7 heteroatoms. The highest BCUT2D eigenvalue weighted by atomic mass is 19.1. The first-order valence-corrected chi connectivity index (χ1v) is 12.3. The van der Waals surface area contributed by atoms with E-state index in [2.05, 4.69) is 35.5 Å². The lowest BCUT2D eigenvalue weighted by atomic mass is 9.73. The van der Waals surface area contributed by atoms with Crippen LogP contribution in [-0.4, -0.2) is 40.3 Å². The lowest BCUT2D eigenvalue weighted by Crippen LogP contribution is -2.52. The summed E-state index contributed by atoms with van der Waals surface area (Å²) in [6.07, 6.45) is 6.35. The Labute approximate surface area is 201 Å². The fourth-order valence-corrected chi connectivity index (χ4v) is 5.09. The number of ether oxygens (including phenoxy) is 1. The van der Waals surface area contributed by atoms with Crippen molar-refractivity contribution in [2.24, 2.45) is 5.92 Å². The van der Waals surface area contributed by atoms with E-state index in [1.54, 1.807) is 12.1 Å². The monoisotopic (exact) mass is 469 g/mol. The van der Waals surface area contributed by atoms with Gasteiger partial charge in [0.2, 0.25) is 11.8 Å². The Bertz CT molecular complexity index is 1010. The molecule has 0 unspecified atom stereocenters. The average Bonchev–Trinajstić information content (AvgIpc) is 2.75. The molecule has 1 fully saturated rings. The molecule has 1 saturated carbocycles. The molecular formula is C27H36FN3O3. The van der Waals surface area contributed by atoms with Crippen molar-refractivity contribution in [3.8, 4) is 5.88 Å². The number of hydrogen-bond acceptors (Lipinski definition) is 5. The maximum atomic E-state index is 13.7. The molecule has 1 spiro atoms. The lowest BCUT2D eigenvalue weighted by Gasteiger charge is -2.47. The van der Waals surface area contributed by atoms with Gasteiger partial charge in [0.15, 0.2) is 0 Å². The largest absolute Gasteiger partial charge is 0.471 e. The lowest BCUT2D eigenvalue weighted by molar-refractivity contribution is -0.120. The van der Waals surface area contributed by atoms with Gasteiger partial charge in [0.25, 0.3) is 0 Å². The molecule has 184 valence electrons. The standard InChI is InChI=1S/C27H36FN3O3/c1-17(2)10-20-12-22-24(14-27(8-5-9-27)34-26(22)30-15-20)29-16-25(33)23(31-18(3)32)13-19-6-4-7-21(28)11-19/h4,6-7,11-12,15,17,23-25,29,33H,5,8-10,13-14,16H2,1-3H3,(H,31,32)/t23-,24-,25+/m0/s1. The number of fused-ring (bicyclic) bond motifs is 1. The Balaban J connectivity index is 1.49. The maximum Gasteiger partial charge on any atom is 0.218 e. The van der Waals surface area contributed by atoms with Gasteiger partial charge in [-0.25, -0.2) is 9.37 Å². The van der Waals surface area contributed by atoms with Crippen LogP contribution in [0.2, 0.25) is 0 Å². The molecule has 0 radical (unpaired) electrons. The predicted molar refractivity (Wildman–Crippen MR) is 129 cm³/mol. The number of pyridine rings is 1. The van der Waals surface area contributed by atoms with Gasteiger partial charge in [-0.15, -0.1) is 0 Å². The number of nitrogens with one attached hydrogen (secondary N) is 2. The smallest absolute Gasteiger partial charge is 0.218 e. The van der Waals surface area contributed by atoms with E-state index in [1.807, 2.05) is 6.20 Å². The van der Waals surface area contributed by atoms with Crippen LogP contribution in [0.1, 0.15) is 69.2 Å². The minimum atomic E-state index is -0.845. The van der Waals surface area contributed by atoms with Crippen molar-refractivity contribution >= 4 is 5.91 Å². The van der Waals surface area contributed by atoms with Crippen molar-refractivity contribution in [2.45, 2.75) is 83.1 Å². The van der Waals surface area contributed by atoms with E-state index in [4.69, 9.17) is 4.74 Å². The maximum absolute atomic E-state index is 13.7. The molecule has 2 aliphatic rings. The van der Waals surface area contributed by atoms with Gasteiger partial charge in [-0.2, -0.15) is 0 Å². The van der Waals surface area contributed by atoms with Gasteiger partial charge in [-0.05, 0) is 67.3 Å². The molecule has 34 heavy (non-hydrogen) atoms. The fourth-order valence-electron chi connectivity index (χ4n) is 5.09. The minimum Gasteiger partial charge on any atom is -0.471 e. The van der Waals surface area contributed by atoms with Crippen molar-refractivity contribution in [3.63, 3.8) is 0 Å². The van der Waals surface area contributed by atoms with E-state index in [0.29, 0.717) is 18.2 Å². The molecular weight excluding hydrogens is 433 g/mol. The zero-order valence-corrected chi connectivity index (χ0v) is 20.3. The van der Waals surface area contributed by atoms with Crippen molar-refractivity contribution in [1.82, 2.24) is 15.6 Å². The SMILES string of the molecule is CC(=O)N[C@@H](Cc1cccc(F)c1)[C@H](O)CN[C@H]1CC2(CCC2)Oc2ncc(CC(C)C)cc21. The number of aliphatic hydroxyl groups is 1. The number of amides is 1. The number of rotatable bonds is 9. The minimum absolute atomic E-state index is 0.00506. The summed E-state index contributed by atoms with van der Waals surface area (Å²) in [5, 5.41) is 17.4. The van der Waals surface area contributed by atoms with Gasteiger partial charge in [0.05, 0.1) is 12.1 Å². The van der Waals surface area contributed by atoms with Crippen LogP contribution in [0.25, 0.3) is 0 Å². The molecule has 2 heterocycles. The molecule has 3 atom stereocenters. The Kier molecular flexibility index (Phi) is 7.53. The van der Waals surface area contributed by atoms with Crippen LogP contribution in [0.4, 0.5) is 4.39 Å². The second-order valence-electron chi connectivity index (χ2n) is 10.3. The number of carbonyl (C=O) groups is 1. The second kappa shape index (κ2) is 10.4. The Morgan fingerprint density at radius 3 is 2.71 bits per heavy atom.